The van der Waals surface area contributed by atoms with E-state index in [-0.39, 0.29) is 12.1 Å². The number of thiazole rings is 1. The van der Waals surface area contributed by atoms with Gasteiger partial charge in [0.15, 0.2) is 0 Å². The number of urea groups is 1. The monoisotopic (exact) mass is 345 g/mol. The standard InChI is InChI=1S/C17H23N5OS/c23-17(20-12-5-6-13-11(9-12)10-19-22-13)18-8-7-16-21-14-3-1-2-4-15(14)24-16/h10,12H,1-9H2,(H,19,22)(H2,18,20,23)/t12-/m0/s1. The summed E-state index contributed by atoms with van der Waals surface area (Å²) in [5.41, 5.74) is 3.73. The molecule has 0 saturated heterocycles. The predicted octanol–water partition coefficient (Wildman–Crippen LogP) is 2.14. The summed E-state index contributed by atoms with van der Waals surface area (Å²) in [6.07, 6.45) is 10.3. The van der Waals surface area contributed by atoms with Crippen molar-refractivity contribution in [1.82, 2.24) is 25.8 Å². The number of hydrogen-bond acceptors (Lipinski definition) is 4. The maximum absolute atomic E-state index is 12.1. The van der Waals surface area contributed by atoms with Crippen LogP contribution in [0.4, 0.5) is 4.79 Å². The third kappa shape index (κ3) is 3.45. The van der Waals surface area contributed by atoms with Crippen molar-refractivity contribution in [3.8, 4) is 0 Å². The smallest absolute Gasteiger partial charge is 0.315 e. The normalized spacial score (nSPS) is 19.4. The lowest BCUT2D eigenvalue weighted by atomic mass is 9.94. The largest absolute Gasteiger partial charge is 0.338 e. The number of carbonyl (C=O) groups excluding carboxylic acids is 1. The number of hydrogen-bond donors (Lipinski definition) is 3. The number of nitrogens with one attached hydrogen (secondary N) is 3. The van der Waals surface area contributed by atoms with Gasteiger partial charge in [-0.05, 0) is 50.5 Å². The third-order valence-corrected chi connectivity index (χ3v) is 6.08. The molecular formula is C17H23N5OS. The van der Waals surface area contributed by atoms with Crippen LogP contribution < -0.4 is 10.6 Å². The molecule has 2 amide bonds. The van der Waals surface area contributed by atoms with Crippen LogP contribution in [0.15, 0.2) is 6.20 Å². The Morgan fingerprint density at radius 2 is 2.25 bits per heavy atom. The number of fused-ring (bicyclic) bond motifs is 2. The van der Waals surface area contributed by atoms with Crippen molar-refractivity contribution in [1.29, 1.82) is 0 Å². The molecule has 2 aliphatic carbocycles. The summed E-state index contributed by atoms with van der Waals surface area (Å²) in [4.78, 5) is 18.3. The lowest BCUT2D eigenvalue weighted by Crippen LogP contribution is -2.44. The first-order chi connectivity index (χ1) is 11.8. The molecule has 0 fully saturated rings. The zero-order valence-electron chi connectivity index (χ0n) is 13.7. The fourth-order valence-electron chi connectivity index (χ4n) is 3.57. The molecule has 7 heteroatoms. The van der Waals surface area contributed by atoms with Crippen molar-refractivity contribution in [3.63, 3.8) is 0 Å². The average molecular weight is 345 g/mol. The number of nitrogens with zero attached hydrogens (tertiary/aromatic N) is 2. The van der Waals surface area contributed by atoms with Gasteiger partial charge in [-0.3, -0.25) is 5.10 Å². The number of rotatable bonds is 4. The van der Waals surface area contributed by atoms with E-state index in [1.165, 1.54) is 41.1 Å². The molecule has 2 aliphatic rings. The topological polar surface area (TPSA) is 82.7 Å². The Morgan fingerprint density at radius 1 is 1.33 bits per heavy atom. The quantitative estimate of drug-likeness (QED) is 0.794. The first kappa shape index (κ1) is 15.6. The fourth-order valence-corrected chi connectivity index (χ4v) is 4.73. The van der Waals surface area contributed by atoms with Gasteiger partial charge in [-0.15, -0.1) is 11.3 Å². The SMILES string of the molecule is O=C(NCCc1nc2c(s1)CCCC2)N[C@H]1CCc2[nH]ncc2C1. The summed E-state index contributed by atoms with van der Waals surface area (Å²) in [7, 11) is 0. The molecule has 2 heterocycles. The van der Waals surface area contributed by atoms with E-state index in [0.717, 1.165) is 37.1 Å². The molecule has 1 atom stereocenters. The zero-order chi connectivity index (χ0) is 16.4. The number of aromatic amines is 1. The van der Waals surface area contributed by atoms with Crippen LogP contribution in [0.2, 0.25) is 0 Å². The Bertz CT molecular complexity index is 699. The first-order valence-corrected chi connectivity index (χ1v) is 9.62. The van der Waals surface area contributed by atoms with Gasteiger partial charge in [0.05, 0.1) is 16.9 Å². The number of H-pyrrole nitrogens is 1. The maximum Gasteiger partial charge on any atom is 0.315 e. The molecule has 0 bridgehead atoms. The van der Waals surface area contributed by atoms with Crippen molar-refractivity contribution >= 4 is 17.4 Å². The minimum absolute atomic E-state index is 0.0757. The molecule has 0 spiro atoms. The van der Waals surface area contributed by atoms with Gasteiger partial charge < -0.3 is 10.6 Å². The number of amides is 2. The van der Waals surface area contributed by atoms with Crippen molar-refractivity contribution in [3.05, 3.63) is 33.0 Å². The molecule has 2 aromatic rings. The highest BCUT2D eigenvalue weighted by molar-refractivity contribution is 7.11. The highest BCUT2D eigenvalue weighted by Gasteiger charge is 2.21. The van der Waals surface area contributed by atoms with E-state index < -0.39 is 0 Å². The fraction of sp³-hybridized carbons (Fsp3) is 0.588. The van der Waals surface area contributed by atoms with Crippen molar-refractivity contribution in [2.24, 2.45) is 0 Å². The van der Waals surface area contributed by atoms with E-state index in [0.29, 0.717) is 6.54 Å². The van der Waals surface area contributed by atoms with E-state index >= 15 is 0 Å². The molecule has 6 nitrogen and oxygen atoms in total. The van der Waals surface area contributed by atoms with Crippen LogP contribution in [0.3, 0.4) is 0 Å². The van der Waals surface area contributed by atoms with E-state index in [2.05, 4.69) is 20.8 Å². The Balaban J connectivity index is 1.22. The molecule has 0 radical (unpaired) electrons. The van der Waals surface area contributed by atoms with Gasteiger partial charge in [0, 0.05) is 29.6 Å². The average Bonchev–Trinajstić information content (AvgIpc) is 3.20. The van der Waals surface area contributed by atoms with Gasteiger partial charge in [0.2, 0.25) is 0 Å². The highest BCUT2D eigenvalue weighted by atomic mass is 32.1. The van der Waals surface area contributed by atoms with Crippen LogP contribution in [0.25, 0.3) is 0 Å². The van der Waals surface area contributed by atoms with Gasteiger partial charge >= 0.3 is 6.03 Å². The molecule has 0 unspecified atom stereocenters. The second-order valence-electron chi connectivity index (χ2n) is 6.65. The summed E-state index contributed by atoms with van der Waals surface area (Å²) in [6.45, 7) is 0.641. The molecule has 0 aromatic carbocycles. The van der Waals surface area contributed by atoms with Crippen molar-refractivity contribution in [2.45, 2.75) is 57.4 Å². The number of aromatic nitrogens is 3. The van der Waals surface area contributed by atoms with E-state index in [9.17, 15) is 4.79 Å². The summed E-state index contributed by atoms with van der Waals surface area (Å²) in [5.74, 6) is 0. The summed E-state index contributed by atoms with van der Waals surface area (Å²) in [5, 5.41) is 14.3. The predicted molar refractivity (Wildman–Crippen MR) is 93.4 cm³/mol. The van der Waals surface area contributed by atoms with Crippen LogP contribution in [-0.4, -0.2) is 33.8 Å². The molecule has 0 aliphatic heterocycles. The maximum atomic E-state index is 12.1. The molecule has 128 valence electrons. The van der Waals surface area contributed by atoms with Crippen molar-refractivity contribution in [2.75, 3.05) is 6.54 Å². The Hall–Kier alpha value is -1.89. The van der Waals surface area contributed by atoms with Gasteiger partial charge in [-0.25, -0.2) is 9.78 Å². The Kier molecular flexibility index (Phi) is 4.51. The lowest BCUT2D eigenvalue weighted by Gasteiger charge is -2.22. The summed E-state index contributed by atoms with van der Waals surface area (Å²) >= 11 is 1.82. The van der Waals surface area contributed by atoms with Crippen LogP contribution in [0.5, 0.6) is 0 Å². The first-order valence-electron chi connectivity index (χ1n) is 8.81. The van der Waals surface area contributed by atoms with Crippen molar-refractivity contribution < 1.29 is 4.79 Å². The lowest BCUT2D eigenvalue weighted by molar-refractivity contribution is 0.235. The van der Waals surface area contributed by atoms with Crippen LogP contribution >= 0.6 is 11.3 Å². The van der Waals surface area contributed by atoms with Crippen LogP contribution in [0, 0.1) is 0 Å². The molecule has 4 rings (SSSR count). The molecule has 3 N–H and O–H groups in total. The Labute approximate surface area is 145 Å². The third-order valence-electron chi connectivity index (χ3n) is 4.87. The molecule has 24 heavy (non-hydrogen) atoms. The van der Waals surface area contributed by atoms with Gasteiger partial charge in [0.25, 0.3) is 0 Å². The van der Waals surface area contributed by atoms with E-state index in [1.54, 1.807) is 0 Å². The van der Waals surface area contributed by atoms with Gasteiger partial charge in [0.1, 0.15) is 0 Å². The van der Waals surface area contributed by atoms with Gasteiger partial charge in [-0.1, -0.05) is 0 Å². The highest BCUT2D eigenvalue weighted by Crippen LogP contribution is 2.26. The summed E-state index contributed by atoms with van der Waals surface area (Å²) < 4.78 is 0. The summed E-state index contributed by atoms with van der Waals surface area (Å²) in [6, 6.07) is 0.121. The number of aryl methyl sites for hydroxylation is 3. The van der Waals surface area contributed by atoms with E-state index in [4.69, 9.17) is 4.98 Å². The van der Waals surface area contributed by atoms with Crippen LogP contribution in [0.1, 0.15) is 46.1 Å². The van der Waals surface area contributed by atoms with Gasteiger partial charge in [-0.2, -0.15) is 5.10 Å². The second kappa shape index (κ2) is 6.93. The Morgan fingerprint density at radius 3 is 3.17 bits per heavy atom. The number of carbonyl (C=O) groups is 1. The molecular weight excluding hydrogens is 322 g/mol. The zero-order valence-corrected chi connectivity index (χ0v) is 14.5. The molecule has 2 aromatic heterocycles. The molecule has 0 saturated carbocycles. The van der Waals surface area contributed by atoms with E-state index in [1.807, 2.05) is 17.5 Å². The van der Waals surface area contributed by atoms with Crippen LogP contribution in [-0.2, 0) is 32.1 Å². The minimum atomic E-state index is -0.0757. The second-order valence-corrected chi connectivity index (χ2v) is 7.82. The minimum Gasteiger partial charge on any atom is -0.338 e.